The van der Waals surface area contributed by atoms with Gasteiger partial charge in [-0.05, 0) is 53.6 Å². The molecule has 1 aliphatic heterocycles. The number of hydrogen-bond donors (Lipinski definition) is 1. The number of ether oxygens (including phenoxy) is 3. The Labute approximate surface area is 216 Å². The highest BCUT2D eigenvalue weighted by atomic mass is 32.1. The van der Waals surface area contributed by atoms with E-state index in [0.717, 1.165) is 4.88 Å². The maximum atomic E-state index is 12.8. The normalized spacial score (nSPS) is 20.3. The number of allylic oxidation sites excluding steroid dienone is 2. The van der Waals surface area contributed by atoms with Gasteiger partial charge in [0.2, 0.25) is 0 Å². The quantitative estimate of drug-likeness (QED) is 0.448. The second-order valence-corrected chi connectivity index (χ2v) is 8.96. The van der Waals surface area contributed by atoms with Gasteiger partial charge >= 0.3 is 18.3 Å². The van der Waals surface area contributed by atoms with Crippen LogP contribution in [-0.4, -0.2) is 49.1 Å². The molecule has 0 amide bonds. The summed E-state index contributed by atoms with van der Waals surface area (Å²) in [6.45, 7) is -0.0197. The predicted molar refractivity (Wildman–Crippen MR) is 130 cm³/mol. The number of carbonyl (C=O) groups is 2. The fourth-order valence-electron chi connectivity index (χ4n) is 3.82. The van der Waals surface area contributed by atoms with E-state index in [1.165, 1.54) is 50.0 Å². The SMILES string of the molecule is COC(=O)C1=C/C(CCCO)=C\C(c2cccs2)N(Cc2cccc(OC(F)(F)F)c2)/C=C\1C(=O)OC. The number of benzene rings is 1. The van der Waals surface area contributed by atoms with Crippen molar-refractivity contribution in [1.29, 1.82) is 0 Å². The molecule has 1 atom stereocenters. The molecule has 0 saturated carbocycles. The van der Waals surface area contributed by atoms with E-state index >= 15 is 0 Å². The number of methoxy groups -OCH3 is 2. The lowest BCUT2D eigenvalue weighted by atomic mass is 9.96. The standard InChI is InChI=1S/C26H26F3NO6S/c1-34-24(32)20-13-17(7-4-10-31)14-22(23-9-5-11-37-23)30(16-21(20)25(33)35-2)15-18-6-3-8-19(12-18)36-26(27,28)29/h3,5-6,8-9,11-14,16,22,31H,4,7,10,15H2,1-2H3/b17-14-,20-13+,21-16+. The smallest absolute Gasteiger partial charge is 0.465 e. The van der Waals surface area contributed by atoms with Crippen LogP contribution in [0.3, 0.4) is 0 Å². The van der Waals surface area contributed by atoms with Gasteiger partial charge in [-0.2, -0.15) is 0 Å². The molecule has 0 fully saturated rings. The average Bonchev–Trinajstić information content (AvgIpc) is 3.38. The molecular formula is C26H26F3NO6S. The van der Waals surface area contributed by atoms with Crippen molar-refractivity contribution in [2.45, 2.75) is 31.8 Å². The molecule has 0 spiro atoms. The van der Waals surface area contributed by atoms with Gasteiger partial charge in [-0.15, -0.1) is 24.5 Å². The molecule has 2 heterocycles. The molecule has 0 radical (unpaired) electrons. The second kappa shape index (κ2) is 12.6. The van der Waals surface area contributed by atoms with Crippen LogP contribution in [0.1, 0.15) is 29.3 Å². The first kappa shape index (κ1) is 28.0. The fourth-order valence-corrected chi connectivity index (χ4v) is 4.63. The van der Waals surface area contributed by atoms with Crippen LogP contribution in [0.15, 0.2) is 76.8 Å². The first-order chi connectivity index (χ1) is 17.6. The fraction of sp³-hybridized carbons (Fsp3) is 0.308. The van der Waals surface area contributed by atoms with Crippen molar-refractivity contribution in [3.05, 3.63) is 87.3 Å². The van der Waals surface area contributed by atoms with Gasteiger partial charge in [-0.25, -0.2) is 9.59 Å². The number of rotatable bonds is 9. The molecule has 1 aliphatic rings. The Kier molecular flexibility index (Phi) is 9.54. The van der Waals surface area contributed by atoms with Crippen LogP contribution >= 0.6 is 11.3 Å². The predicted octanol–water partition coefficient (Wildman–Crippen LogP) is 5.06. The van der Waals surface area contributed by atoms with Gasteiger partial charge in [0.1, 0.15) is 5.75 Å². The van der Waals surface area contributed by atoms with E-state index in [-0.39, 0.29) is 30.0 Å². The molecule has 198 valence electrons. The molecule has 1 aromatic carbocycles. The van der Waals surface area contributed by atoms with Crippen molar-refractivity contribution >= 4 is 23.3 Å². The summed E-state index contributed by atoms with van der Waals surface area (Å²) in [5.74, 6) is -1.93. The van der Waals surface area contributed by atoms with E-state index in [4.69, 9.17) is 9.47 Å². The van der Waals surface area contributed by atoms with Crippen molar-refractivity contribution in [3.63, 3.8) is 0 Å². The number of hydrogen-bond acceptors (Lipinski definition) is 8. The minimum absolute atomic E-state index is 0.0395. The third kappa shape index (κ3) is 7.70. The van der Waals surface area contributed by atoms with Gasteiger partial charge in [0.25, 0.3) is 0 Å². The third-order valence-corrected chi connectivity index (χ3v) is 6.35. The van der Waals surface area contributed by atoms with Crippen molar-refractivity contribution < 1.29 is 42.1 Å². The summed E-state index contributed by atoms with van der Waals surface area (Å²) in [5.41, 5.74) is 1.02. The summed E-state index contributed by atoms with van der Waals surface area (Å²) in [6, 6.07) is 8.83. The van der Waals surface area contributed by atoms with Crippen LogP contribution in [-0.2, 0) is 25.6 Å². The van der Waals surface area contributed by atoms with Crippen LogP contribution in [0.2, 0.25) is 0 Å². The largest absolute Gasteiger partial charge is 0.573 e. The van der Waals surface area contributed by atoms with Crippen molar-refractivity contribution in [1.82, 2.24) is 4.90 Å². The first-order valence-electron chi connectivity index (χ1n) is 11.2. The number of alkyl halides is 3. The molecule has 7 nitrogen and oxygen atoms in total. The Balaban J connectivity index is 2.17. The van der Waals surface area contributed by atoms with E-state index in [0.29, 0.717) is 24.0 Å². The number of halogens is 3. The molecular weight excluding hydrogens is 511 g/mol. The van der Waals surface area contributed by atoms with Gasteiger partial charge in [0, 0.05) is 24.2 Å². The molecule has 11 heteroatoms. The summed E-state index contributed by atoms with van der Waals surface area (Å²) in [6.07, 6.45) is 0.847. The van der Waals surface area contributed by atoms with Crippen LogP contribution < -0.4 is 4.74 Å². The van der Waals surface area contributed by atoms with Crippen molar-refractivity contribution in [3.8, 4) is 5.75 Å². The second-order valence-electron chi connectivity index (χ2n) is 7.98. The molecule has 1 unspecified atom stereocenters. The number of aliphatic hydroxyl groups excluding tert-OH is 1. The van der Waals surface area contributed by atoms with E-state index in [2.05, 4.69) is 4.74 Å². The highest BCUT2D eigenvalue weighted by molar-refractivity contribution is 7.10. The van der Waals surface area contributed by atoms with E-state index < -0.39 is 24.3 Å². The zero-order chi connectivity index (χ0) is 27.0. The van der Waals surface area contributed by atoms with Crippen molar-refractivity contribution in [2.75, 3.05) is 20.8 Å². The first-order valence-corrected chi connectivity index (χ1v) is 12.1. The highest BCUT2D eigenvalue weighted by Gasteiger charge is 2.32. The van der Waals surface area contributed by atoms with Gasteiger partial charge in [0.15, 0.2) is 0 Å². The lowest BCUT2D eigenvalue weighted by Crippen LogP contribution is -2.27. The number of nitrogens with zero attached hydrogens (tertiary/aromatic N) is 1. The number of thiophene rings is 1. The van der Waals surface area contributed by atoms with Crippen LogP contribution in [0.5, 0.6) is 5.75 Å². The Morgan fingerprint density at radius 1 is 1.08 bits per heavy atom. The maximum Gasteiger partial charge on any atom is 0.573 e. The third-order valence-electron chi connectivity index (χ3n) is 5.41. The molecule has 1 N–H and O–H groups in total. The monoisotopic (exact) mass is 537 g/mol. The molecule has 37 heavy (non-hydrogen) atoms. The lowest BCUT2D eigenvalue weighted by molar-refractivity contribution is -0.274. The van der Waals surface area contributed by atoms with E-state index in [1.807, 2.05) is 23.6 Å². The summed E-state index contributed by atoms with van der Waals surface area (Å²) in [7, 11) is 2.37. The Morgan fingerprint density at radius 2 is 1.81 bits per heavy atom. The lowest BCUT2D eigenvalue weighted by Gasteiger charge is -2.31. The summed E-state index contributed by atoms with van der Waals surface area (Å²) in [4.78, 5) is 28.1. The maximum absolute atomic E-state index is 12.8. The zero-order valence-electron chi connectivity index (χ0n) is 20.2. The Bertz CT molecular complexity index is 1190. The summed E-state index contributed by atoms with van der Waals surface area (Å²) in [5, 5.41) is 11.3. The van der Waals surface area contributed by atoms with Gasteiger partial charge in [0.05, 0.1) is 31.4 Å². The molecule has 2 aromatic rings. The minimum Gasteiger partial charge on any atom is -0.465 e. The Morgan fingerprint density at radius 3 is 2.43 bits per heavy atom. The minimum atomic E-state index is -4.85. The average molecular weight is 538 g/mol. The molecule has 0 bridgehead atoms. The van der Waals surface area contributed by atoms with Crippen LogP contribution in [0.25, 0.3) is 0 Å². The highest BCUT2D eigenvalue weighted by Crippen LogP contribution is 2.35. The molecule has 0 aliphatic carbocycles. The molecule has 1 aromatic heterocycles. The number of esters is 2. The van der Waals surface area contributed by atoms with E-state index in [9.17, 15) is 27.9 Å². The molecule has 0 saturated heterocycles. The Hall–Kier alpha value is -3.57. The zero-order valence-corrected chi connectivity index (χ0v) is 21.0. The number of aliphatic hydroxyl groups is 1. The summed E-state index contributed by atoms with van der Waals surface area (Å²) < 4.78 is 52.3. The van der Waals surface area contributed by atoms with Gasteiger partial charge in [-0.1, -0.05) is 24.3 Å². The van der Waals surface area contributed by atoms with Crippen LogP contribution in [0.4, 0.5) is 13.2 Å². The number of carbonyl (C=O) groups excluding carboxylic acids is 2. The topological polar surface area (TPSA) is 85.3 Å². The molecule has 3 rings (SSSR count). The summed E-state index contributed by atoms with van der Waals surface area (Å²) >= 11 is 1.46. The van der Waals surface area contributed by atoms with E-state index in [1.54, 1.807) is 17.0 Å². The van der Waals surface area contributed by atoms with Gasteiger partial charge < -0.3 is 24.2 Å². The van der Waals surface area contributed by atoms with Crippen molar-refractivity contribution in [2.24, 2.45) is 0 Å². The van der Waals surface area contributed by atoms with Gasteiger partial charge in [-0.3, -0.25) is 0 Å². The van der Waals surface area contributed by atoms with Crippen LogP contribution in [0, 0.1) is 0 Å².